The van der Waals surface area contributed by atoms with Crippen molar-refractivity contribution in [1.29, 1.82) is 0 Å². The van der Waals surface area contributed by atoms with E-state index in [0.29, 0.717) is 22.5 Å². The number of anilines is 1. The highest BCUT2D eigenvalue weighted by Crippen LogP contribution is 2.30. The van der Waals surface area contributed by atoms with Crippen LogP contribution < -0.4 is 10.1 Å². The molecule has 7 heteroatoms. The highest BCUT2D eigenvalue weighted by atomic mass is 79.9. The number of hydrogen-bond acceptors (Lipinski definition) is 5. The van der Waals surface area contributed by atoms with Crippen molar-refractivity contribution in [1.82, 2.24) is 0 Å². The first-order chi connectivity index (χ1) is 10.0. The van der Waals surface area contributed by atoms with E-state index in [-0.39, 0.29) is 11.4 Å². The molecule has 0 aliphatic rings. The maximum absolute atomic E-state index is 10.7. The lowest BCUT2D eigenvalue weighted by Gasteiger charge is -2.11. The molecular weight excluding hydrogens is 340 g/mol. The molecule has 0 aliphatic heterocycles. The van der Waals surface area contributed by atoms with Crippen LogP contribution in [0.4, 0.5) is 11.4 Å². The highest BCUT2D eigenvalue weighted by Gasteiger charge is 2.11. The van der Waals surface area contributed by atoms with Gasteiger partial charge in [0.05, 0.1) is 28.3 Å². The summed E-state index contributed by atoms with van der Waals surface area (Å²) in [6.07, 6.45) is 0. The molecular formula is C14H13BrN2O4. The molecule has 2 aromatic rings. The summed E-state index contributed by atoms with van der Waals surface area (Å²) in [5.41, 5.74) is 1.58. The van der Waals surface area contributed by atoms with Crippen LogP contribution in [0.3, 0.4) is 0 Å². The van der Waals surface area contributed by atoms with Crippen LogP contribution >= 0.6 is 15.9 Å². The number of phenolic OH excluding ortho intramolecular Hbond substituents is 1. The van der Waals surface area contributed by atoms with Gasteiger partial charge < -0.3 is 15.2 Å². The number of ether oxygens (including phenoxy) is 1. The normalized spacial score (nSPS) is 10.2. The number of phenols is 1. The third kappa shape index (κ3) is 3.63. The summed E-state index contributed by atoms with van der Waals surface area (Å²) in [6.45, 7) is 0.493. The predicted molar refractivity (Wildman–Crippen MR) is 82.8 cm³/mol. The van der Waals surface area contributed by atoms with Gasteiger partial charge in [0.25, 0.3) is 5.69 Å². The number of halogens is 1. The Bertz CT molecular complexity index is 676. The van der Waals surface area contributed by atoms with E-state index in [0.717, 1.165) is 5.56 Å². The predicted octanol–water partition coefficient (Wildman–Crippen LogP) is 3.68. The molecule has 110 valence electrons. The largest absolute Gasteiger partial charge is 0.507 e. The van der Waals surface area contributed by atoms with Crippen molar-refractivity contribution in [2.24, 2.45) is 0 Å². The molecule has 0 fully saturated rings. The van der Waals surface area contributed by atoms with Gasteiger partial charge in [0.2, 0.25) is 0 Å². The minimum Gasteiger partial charge on any atom is -0.507 e. The first-order valence-electron chi connectivity index (χ1n) is 6.05. The van der Waals surface area contributed by atoms with Crippen molar-refractivity contribution in [2.75, 3.05) is 12.4 Å². The molecule has 0 unspecified atom stereocenters. The molecule has 0 saturated carbocycles. The summed E-state index contributed by atoms with van der Waals surface area (Å²) in [5.74, 6) is 0.578. The average Bonchev–Trinajstić information content (AvgIpc) is 2.48. The summed E-state index contributed by atoms with van der Waals surface area (Å²) in [4.78, 5) is 10.3. The minimum absolute atomic E-state index is 0.0234. The van der Waals surface area contributed by atoms with E-state index >= 15 is 0 Å². The Morgan fingerprint density at radius 3 is 2.71 bits per heavy atom. The molecule has 0 heterocycles. The second-order valence-corrected chi connectivity index (χ2v) is 5.14. The number of benzene rings is 2. The molecule has 0 radical (unpaired) electrons. The van der Waals surface area contributed by atoms with Gasteiger partial charge in [-0.2, -0.15) is 0 Å². The van der Waals surface area contributed by atoms with E-state index in [4.69, 9.17) is 4.74 Å². The molecule has 21 heavy (non-hydrogen) atoms. The summed E-state index contributed by atoms with van der Waals surface area (Å²) < 4.78 is 5.76. The molecule has 2 N–H and O–H groups in total. The van der Waals surface area contributed by atoms with E-state index in [9.17, 15) is 15.2 Å². The lowest BCUT2D eigenvalue weighted by atomic mass is 10.2. The van der Waals surface area contributed by atoms with E-state index in [2.05, 4.69) is 21.2 Å². The van der Waals surface area contributed by atoms with Crippen LogP contribution in [0.1, 0.15) is 5.56 Å². The molecule has 2 aromatic carbocycles. The van der Waals surface area contributed by atoms with Crippen molar-refractivity contribution in [3.8, 4) is 11.5 Å². The number of nitrogens with zero attached hydrogens (tertiary/aromatic N) is 1. The van der Waals surface area contributed by atoms with Gasteiger partial charge in [-0.3, -0.25) is 10.1 Å². The zero-order valence-electron chi connectivity index (χ0n) is 11.2. The number of non-ortho nitro benzene ring substituents is 1. The molecule has 0 aliphatic carbocycles. The monoisotopic (exact) mass is 352 g/mol. The molecule has 0 amide bonds. The maximum Gasteiger partial charge on any atom is 0.273 e. The molecule has 0 saturated heterocycles. The van der Waals surface area contributed by atoms with Crippen LogP contribution in [0.5, 0.6) is 11.5 Å². The molecule has 0 spiro atoms. The van der Waals surface area contributed by atoms with Gasteiger partial charge in [0, 0.05) is 12.6 Å². The number of methoxy groups -OCH3 is 1. The Morgan fingerprint density at radius 1 is 1.33 bits per heavy atom. The van der Waals surface area contributed by atoms with Crippen LogP contribution in [-0.2, 0) is 6.54 Å². The zero-order valence-corrected chi connectivity index (χ0v) is 12.8. The molecule has 0 atom stereocenters. The van der Waals surface area contributed by atoms with Crippen molar-refractivity contribution in [3.63, 3.8) is 0 Å². The number of rotatable bonds is 5. The lowest BCUT2D eigenvalue weighted by Crippen LogP contribution is -2.02. The van der Waals surface area contributed by atoms with Gasteiger partial charge in [-0.25, -0.2) is 0 Å². The van der Waals surface area contributed by atoms with Gasteiger partial charge in [0.15, 0.2) is 0 Å². The standard InChI is InChI=1S/C14H13BrN2O4/c1-21-14-7-10(17(19)20)3-4-12(14)16-8-9-2-5-13(18)11(15)6-9/h2-7,16,18H,8H2,1H3. The van der Waals surface area contributed by atoms with Crippen molar-refractivity contribution in [2.45, 2.75) is 6.54 Å². The maximum atomic E-state index is 10.7. The van der Waals surface area contributed by atoms with Crippen LogP contribution in [0.2, 0.25) is 0 Å². The number of nitrogens with one attached hydrogen (secondary N) is 1. The minimum atomic E-state index is -0.469. The SMILES string of the molecule is COc1cc([N+](=O)[O-])ccc1NCc1ccc(O)c(Br)c1. The van der Waals surface area contributed by atoms with Crippen LogP contribution in [0.15, 0.2) is 40.9 Å². The zero-order chi connectivity index (χ0) is 15.4. The van der Waals surface area contributed by atoms with Crippen LogP contribution in [-0.4, -0.2) is 17.1 Å². The van der Waals surface area contributed by atoms with Crippen molar-refractivity contribution < 1.29 is 14.8 Å². The summed E-state index contributed by atoms with van der Waals surface area (Å²) in [6, 6.07) is 9.55. The van der Waals surface area contributed by atoms with E-state index in [1.165, 1.54) is 19.2 Å². The Balaban J connectivity index is 2.15. The second kappa shape index (κ2) is 6.45. The quantitative estimate of drug-likeness (QED) is 0.633. The molecule has 0 bridgehead atoms. The number of aromatic hydroxyl groups is 1. The van der Waals surface area contributed by atoms with E-state index in [1.54, 1.807) is 24.3 Å². The third-order valence-electron chi connectivity index (χ3n) is 2.89. The molecule has 6 nitrogen and oxygen atoms in total. The summed E-state index contributed by atoms with van der Waals surface area (Å²) in [7, 11) is 1.46. The van der Waals surface area contributed by atoms with E-state index < -0.39 is 4.92 Å². The summed E-state index contributed by atoms with van der Waals surface area (Å²) >= 11 is 3.25. The second-order valence-electron chi connectivity index (χ2n) is 4.28. The fourth-order valence-electron chi connectivity index (χ4n) is 1.80. The highest BCUT2D eigenvalue weighted by molar-refractivity contribution is 9.10. The Labute approximate surface area is 129 Å². The van der Waals surface area contributed by atoms with Gasteiger partial charge in [0.1, 0.15) is 11.5 Å². The van der Waals surface area contributed by atoms with Crippen molar-refractivity contribution in [3.05, 3.63) is 56.5 Å². The smallest absolute Gasteiger partial charge is 0.273 e. The fraction of sp³-hybridized carbons (Fsp3) is 0.143. The third-order valence-corrected chi connectivity index (χ3v) is 3.53. The Kier molecular flexibility index (Phi) is 4.64. The van der Waals surface area contributed by atoms with E-state index in [1.807, 2.05) is 0 Å². The molecule has 2 rings (SSSR count). The van der Waals surface area contributed by atoms with Gasteiger partial charge >= 0.3 is 0 Å². The lowest BCUT2D eigenvalue weighted by molar-refractivity contribution is -0.384. The topological polar surface area (TPSA) is 84.6 Å². The number of nitro groups is 1. The first kappa shape index (κ1) is 15.1. The Hall–Kier alpha value is -2.28. The van der Waals surface area contributed by atoms with Gasteiger partial charge in [-0.15, -0.1) is 0 Å². The van der Waals surface area contributed by atoms with Gasteiger partial charge in [-0.1, -0.05) is 6.07 Å². The summed E-state index contributed by atoms with van der Waals surface area (Å²) in [5, 5.41) is 23.3. The van der Waals surface area contributed by atoms with Crippen LogP contribution in [0.25, 0.3) is 0 Å². The average molecular weight is 353 g/mol. The van der Waals surface area contributed by atoms with Crippen LogP contribution in [0, 0.1) is 10.1 Å². The first-order valence-corrected chi connectivity index (χ1v) is 6.84. The number of nitro benzene ring substituents is 1. The van der Waals surface area contributed by atoms with Crippen molar-refractivity contribution >= 4 is 27.3 Å². The fourth-order valence-corrected chi connectivity index (χ4v) is 2.22. The number of hydrogen-bond donors (Lipinski definition) is 2. The van der Waals surface area contributed by atoms with Gasteiger partial charge in [-0.05, 0) is 39.7 Å². The molecule has 0 aromatic heterocycles. The Morgan fingerprint density at radius 2 is 2.10 bits per heavy atom.